The summed E-state index contributed by atoms with van der Waals surface area (Å²) in [5, 5.41) is 3.16. The molecule has 0 saturated carbocycles. The van der Waals surface area contributed by atoms with Gasteiger partial charge in [0, 0.05) is 18.2 Å². The Morgan fingerprint density at radius 1 is 1.43 bits per heavy atom. The number of halogens is 1. The van der Waals surface area contributed by atoms with Crippen molar-refractivity contribution in [2.75, 3.05) is 5.32 Å². The second-order valence-corrected chi connectivity index (χ2v) is 3.16. The number of hydrogen-bond acceptors (Lipinski definition) is 2. The number of nitrogens with one attached hydrogen (secondary N) is 1. The Hall–Kier alpha value is -1.38. The van der Waals surface area contributed by atoms with Gasteiger partial charge in [0.15, 0.2) is 0 Å². The van der Waals surface area contributed by atoms with Gasteiger partial charge in [-0.25, -0.2) is 4.39 Å². The van der Waals surface area contributed by atoms with Gasteiger partial charge in [0.05, 0.1) is 0 Å². The Morgan fingerprint density at radius 2 is 2.07 bits per heavy atom. The molecule has 1 N–H and O–H groups in total. The van der Waals surface area contributed by atoms with Crippen molar-refractivity contribution in [1.82, 2.24) is 0 Å². The first kappa shape index (κ1) is 10.7. The van der Waals surface area contributed by atoms with Crippen LogP contribution in [0.15, 0.2) is 24.3 Å². The number of anilines is 1. The lowest BCUT2D eigenvalue weighted by atomic mass is 10.1. The summed E-state index contributed by atoms with van der Waals surface area (Å²) in [7, 11) is 0. The van der Waals surface area contributed by atoms with Crippen molar-refractivity contribution in [2.45, 2.75) is 25.8 Å². The Kier molecular flexibility index (Phi) is 4.11. The average Bonchev–Trinajstić information content (AvgIpc) is 2.20. The van der Waals surface area contributed by atoms with Gasteiger partial charge in [-0.15, -0.1) is 0 Å². The summed E-state index contributed by atoms with van der Waals surface area (Å²) in [4.78, 5) is 10.3. The zero-order chi connectivity index (χ0) is 10.4. The van der Waals surface area contributed by atoms with E-state index in [0.717, 1.165) is 18.4 Å². The molecule has 0 fully saturated rings. The van der Waals surface area contributed by atoms with E-state index in [0.29, 0.717) is 6.42 Å². The molecule has 0 aromatic heterocycles. The van der Waals surface area contributed by atoms with E-state index in [1.165, 1.54) is 12.1 Å². The maximum Gasteiger partial charge on any atom is 0.123 e. The Labute approximate surface area is 83.1 Å². The second kappa shape index (κ2) is 5.37. The molecular formula is C11H14FNO. The lowest BCUT2D eigenvalue weighted by Crippen LogP contribution is -2.18. The topological polar surface area (TPSA) is 29.1 Å². The van der Waals surface area contributed by atoms with Gasteiger partial charge in [-0.3, -0.25) is 0 Å². The monoisotopic (exact) mass is 195 g/mol. The van der Waals surface area contributed by atoms with E-state index in [4.69, 9.17) is 0 Å². The molecule has 0 aliphatic rings. The van der Waals surface area contributed by atoms with E-state index < -0.39 is 0 Å². The number of carbonyl (C=O) groups is 1. The molecule has 14 heavy (non-hydrogen) atoms. The first-order chi connectivity index (χ1) is 6.76. The molecule has 2 nitrogen and oxygen atoms in total. The highest BCUT2D eigenvalue weighted by molar-refractivity contribution is 5.53. The summed E-state index contributed by atoms with van der Waals surface area (Å²) in [5.74, 6) is -0.251. The van der Waals surface area contributed by atoms with Crippen LogP contribution in [0.3, 0.4) is 0 Å². The minimum absolute atomic E-state index is 0.137. The van der Waals surface area contributed by atoms with Crippen LogP contribution in [0.1, 0.15) is 19.8 Å². The van der Waals surface area contributed by atoms with Crippen LogP contribution in [-0.4, -0.2) is 12.3 Å². The van der Waals surface area contributed by atoms with Crippen LogP contribution in [0, 0.1) is 5.82 Å². The van der Waals surface area contributed by atoms with Crippen molar-refractivity contribution < 1.29 is 9.18 Å². The smallest absolute Gasteiger partial charge is 0.123 e. The maximum absolute atomic E-state index is 12.6. The van der Waals surface area contributed by atoms with Gasteiger partial charge in [-0.05, 0) is 30.7 Å². The molecule has 0 unspecified atom stereocenters. The summed E-state index contributed by atoms with van der Waals surface area (Å²) in [6.45, 7) is 2.00. The number of carbonyl (C=O) groups excluding carboxylic acids is 1. The van der Waals surface area contributed by atoms with Crippen LogP contribution in [0.2, 0.25) is 0 Å². The summed E-state index contributed by atoms with van der Waals surface area (Å²) < 4.78 is 12.6. The fourth-order valence-corrected chi connectivity index (χ4v) is 1.23. The third-order valence-corrected chi connectivity index (χ3v) is 2.09. The fraction of sp³-hybridized carbons (Fsp3) is 0.364. The van der Waals surface area contributed by atoms with E-state index in [2.05, 4.69) is 5.32 Å². The number of hydrogen-bond donors (Lipinski definition) is 1. The number of aldehydes is 1. The van der Waals surface area contributed by atoms with Crippen LogP contribution in [-0.2, 0) is 4.79 Å². The van der Waals surface area contributed by atoms with Crippen LogP contribution in [0.5, 0.6) is 0 Å². The minimum atomic E-state index is -0.251. The van der Waals surface area contributed by atoms with Crippen molar-refractivity contribution in [1.29, 1.82) is 0 Å². The largest absolute Gasteiger partial charge is 0.382 e. The molecule has 0 heterocycles. The third kappa shape index (κ3) is 3.17. The molecule has 1 aromatic rings. The summed E-state index contributed by atoms with van der Waals surface area (Å²) in [6, 6.07) is 6.27. The highest BCUT2D eigenvalue weighted by atomic mass is 19.1. The standard InChI is InChI=1S/C11H14FNO/c1-2-10(7-8-14)13-11-5-3-9(12)4-6-11/h3-6,8,10,13H,2,7H2,1H3/t10-/m0/s1. The summed E-state index contributed by atoms with van der Waals surface area (Å²) >= 11 is 0. The maximum atomic E-state index is 12.6. The highest BCUT2D eigenvalue weighted by Gasteiger charge is 2.04. The number of rotatable bonds is 5. The van der Waals surface area contributed by atoms with Crippen molar-refractivity contribution in [3.05, 3.63) is 30.1 Å². The molecule has 0 aliphatic heterocycles. The summed E-state index contributed by atoms with van der Waals surface area (Å²) in [5.41, 5.74) is 0.847. The van der Waals surface area contributed by atoms with Gasteiger partial charge in [0.1, 0.15) is 12.1 Å². The van der Waals surface area contributed by atoms with Gasteiger partial charge >= 0.3 is 0 Å². The van der Waals surface area contributed by atoms with Crippen molar-refractivity contribution in [3.63, 3.8) is 0 Å². The first-order valence-corrected chi connectivity index (χ1v) is 4.72. The van der Waals surface area contributed by atoms with Gasteiger partial charge < -0.3 is 10.1 Å². The average molecular weight is 195 g/mol. The molecule has 0 radical (unpaired) electrons. The van der Waals surface area contributed by atoms with Crippen LogP contribution >= 0.6 is 0 Å². The van der Waals surface area contributed by atoms with Crippen molar-refractivity contribution in [3.8, 4) is 0 Å². The van der Waals surface area contributed by atoms with E-state index in [1.807, 2.05) is 6.92 Å². The summed E-state index contributed by atoms with van der Waals surface area (Å²) in [6.07, 6.45) is 2.24. The molecule has 76 valence electrons. The molecule has 0 spiro atoms. The third-order valence-electron chi connectivity index (χ3n) is 2.09. The zero-order valence-electron chi connectivity index (χ0n) is 8.16. The molecule has 1 atom stereocenters. The number of benzene rings is 1. The fourth-order valence-electron chi connectivity index (χ4n) is 1.23. The van der Waals surface area contributed by atoms with Crippen LogP contribution < -0.4 is 5.32 Å². The van der Waals surface area contributed by atoms with E-state index in [9.17, 15) is 9.18 Å². The molecule has 0 saturated heterocycles. The SMILES string of the molecule is CC[C@@H](CC=O)Nc1ccc(F)cc1. The van der Waals surface area contributed by atoms with E-state index in [1.54, 1.807) is 12.1 Å². The van der Waals surface area contributed by atoms with Crippen LogP contribution in [0.4, 0.5) is 10.1 Å². The molecular weight excluding hydrogens is 181 g/mol. The quantitative estimate of drug-likeness (QED) is 0.732. The molecule has 0 bridgehead atoms. The Morgan fingerprint density at radius 3 is 2.57 bits per heavy atom. The van der Waals surface area contributed by atoms with Gasteiger partial charge in [0.25, 0.3) is 0 Å². The zero-order valence-corrected chi connectivity index (χ0v) is 8.16. The predicted molar refractivity (Wildman–Crippen MR) is 54.8 cm³/mol. The van der Waals surface area contributed by atoms with E-state index >= 15 is 0 Å². The highest BCUT2D eigenvalue weighted by Crippen LogP contribution is 2.11. The normalized spacial score (nSPS) is 12.1. The molecule has 0 amide bonds. The van der Waals surface area contributed by atoms with Crippen molar-refractivity contribution >= 4 is 12.0 Å². The lowest BCUT2D eigenvalue weighted by molar-refractivity contribution is -0.108. The molecule has 3 heteroatoms. The van der Waals surface area contributed by atoms with Gasteiger partial charge in [0.2, 0.25) is 0 Å². The minimum Gasteiger partial charge on any atom is -0.382 e. The van der Waals surface area contributed by atoms with Crippen LogP contribution in [0.25, 0.3) is 0 Å². The Balaban J connectivity index is 2.57. The van der Waals surface area contributed by atoms with E-state index in [-0.39, 0.29) is 11.9 Å². The first-order valence-electron chi connectivity index (χ1n) is 4.72. The second-order valence-electron chi connectivity index (χ2n) is 3.16. The van der Waals surface area contributed by atoms with Crippen molar-refractivity contribution in [2.24, 2.45) is 0 Å². The molecule has 1 rings (SSSR count). The van der Waals surface area contributed by atoms with Gasteiger partial charge in [-0.1, -0.05) is 6.92 Å². The Bertz CT molecular complexity index is 284. The molecule has 0 aliphatic carbocycles. The molecule has 1 aromatic carbocycles. The predicted octanol–water partition coefficient (Wildman–Crippen LogP) is 2.61. The van der Waals surface area contributed by atoms with Gasteiger partial charge in [-0.2, -0.15) is 0 Å². The lowest BCUT2D eigenvalue weighted by Gasteiger charge is -2.15.